The molecule has 1 unspecified atom stereocenters. The summed E-state index contributed by atoms with van der Waals surface area (Å²) in [6.45, 7) is 2.43. The Morgan fingerprint density at radius 2 is 2.40 bits per heavy atom. The van der Waals surface area contributed by atoms with Crippen LogP contribution in [0.1, 0.15) is 35.7 Å². The number of hydrogen-bond acceptors (Lipinski definition) is 4. The molecule has 0 bridgehead atoms. The van der Waals surface area contributed by atoms with E-state index in [1.165, 1.54) is 6.20 Å². The summed E-state index contributed by atoms with van der Waals surface area (Å²) in [4.78, 5) is 18.1. The maximum absolute atomic E-state index is 12.5. The zero-order valence-corrected chi connectivity index (χ0v) is 11.5. The molecule has 1 aliphatic rings. The third-order valence-electron chi connectivity index (χ3n) is 3.32. The number of aromatic nitrogens is 1. The van der Waals surface area contributed by atoms with Crippen molar-refractivity contribution < 1.29 is 15.0 Å². The normalized spacial score (nSPS) is 22.1. The fourth-order valence-electron chi connectivity index (χ4n) is 2.38. The predicted molar refractivity (Wildman–Crippen MR) is 74.0 cm³/mol. The fourth-order valence-corrected chi connectivity index (χ4v) is 2.38. The smallest absolute Gasteiger partial charge is 0.255 e. The van der Waals surface area contributed by atoms with Gasteiger partial charge in [0.15, 0.2) is 0 Å². The van der Waals surface area contributed by atoms with Crippen LogP contribution in [0.3, 0.4) is 0 Å². The van der Waals surface area contributed by atoms with Gasteiger partial charge in [0.2, 0.25) is 0 Å². The molecule has 1 fully saturated rings. The number of carbonyl (C=O) groups is 1. The number of piperidine rings is 1. The molecule has 1 saturated heterocycles. The maximum atomic E-state index is 12.5. The molecule has 1 aliphatic heterocycles. The highest BCUT2D eigenvalue weighted by molar-refractivity contribution is 5.96. The van der Waals surface area contributed by atoms with Gasteiger partial charge < -0.3 is 15.1 Å². The topological polar surface area (TPSA) is 73.7 Å². The zero-order valence-electron chi connectivity index (χ0n) is 11.5. The van der Waals surface area contributed by atoms with Crippen LogP contribution < -0.4 is 0 Å². The molecular formula is C15H18N2O3. The third-order valence-corrected chi connectivity index (χ3v) is 3.32. The number of likely N-dealkylation sites (tertiary alicyclic amines) is 1. The fraction of sp³-hybridized carbons (Fsp3) is 0.467. The first kappa shape index (κ1) is 14.5. The monoisotopic (exact) mass is 274 g/mol. The molecule has 1 amide bonds. The van der Waals surface area contributed by atoms with E-state index >= 15 is 0 Å². The van der Waals surface area contributed by atoms with Crippen molar-refractivity contribution in [2.45, 2.75) is 25.4 Å². The Labute approximate surface area is 118 Å². The van der Waals surface area contributed by atoms with Crippen LogP contribution in [0.15, 0.2) is 18.5 Å². The van der Waals surface area contributed by atoms with Crippen molar-refractivity contribution in [1.29, 1.82) is 0 Å². The van der Waals surface area contributed by atoms with Crippen molar-refractivity contribution in [2.24, 2.45) is 0 Å². The number of amides is 1. The lowest BCUT2D eigenvalue weighted by atomic mass is 9.94. The minimum absolute atomic E-state index is 0.158. The third kappa shape index (κ3) is 3.35. The van der Waals surface area contributed by atoms with Crippen molar-refractivity contribution in [3.8, 4) is 11.8 Å². The van der Waals surface area contributed by atoms with Crippen molar-refractivity contribution in [2.75, 3.05) is 19.7 Å². The average molecular weight is 274 g/mol. The van der Waals surface area contributed by atoms with E-state index in [4.69, 9.17) is 5.11 Å². The van der Waals surface area contributed by atoms with Crippen LogP contribution in [-0.4, -0.2) is 51.3 Å². The van der Waals surface area contributed by atoms with Crippen LogP contribution in [0.4, 0.5) is 0 Å². The lowest BCUT2D eigenvalue weighted by Gasteiger charge is -2.37. The van der Waals surface area contributed by atoms with Gasteiger partial charge in [0.25, 0.3) is 5.91 Å². The Balaban J connectivity index is 2.25. The summed E-state index contributed by atoms with van der Waals surface area (Å²) in [5.74, 6) is 5.10. The highest BCUT2D eigenvalue weighted by atomic mass is 16.3. The first-order valence-corrected chi connectivity index (χ1v) is 6.59. The molecule has 1 aromatic rings. The van der Waals surface area contributed by atoms with E-state index < -0.39 is 5.60 Å². The largest absolute Gasteiger partial charge is 0.388 e. The lowest BCUT2D eigenvalue weighted by molar-refractivity contribution is -0.0107. The number of β-amino-alcohol motifs (C(OH)–C–C–N with tert-alkyl or cyclic N) is 1. The summed E-state index contributed by atoms with van der Waals surface area (Å²) < 4.78 is 0. The first-order chi connectivity index (χ1) is 9.53. The Kier molecular flexibility index (Phi) is 4.38. The minimum Gasteiger partial charge on any atom is -0.388 e. The van der Waals surface area contributed by atoms with Crippen molar-refractivity contribution in [3.05, 3.63) is 29.6 Å². The molecule has 0 spiro atoms. The van der Waals surface area contributed by atoms with Gasteiger partial charge in [-0.3, -0.25) is 9.78 Å². The van der Waals surface area contributed by atoms with Gasteiger partial charge in [-0.2, -0.15) is 0 Å². The van der Waals surface area contributed by atoms with E-state index in [0.717, 1.165) is 6.42 Å². The molecule has 2 N–H and O–H groups in total. The summed E-state index contributed by atoms with van der Waals surface area (Å²) >= 11 is 0. The van der Waals surface area contributed by atoms with Crippen LogP contribution in [0, 0.1) is 11.8 Å². The number of carbonyl (C=O) groups excluding carboxylic acids is 1. The van der Waals surface area contributed by atoms with Crippen LogP contribution in [-0.2, 0) is 0 Å². The maximum Gasteiger partial charge on any atom is 0.255 e. The van der Waals surface area contributed by atoms with Crippen LogP contribution in [0.2, 0.25) is 0 Å². The Morgan fingerprint density at radius 1 is 1.60 bits per heavy atom. The lowest BCUT2D eigenvalue weighted by Crippen LogP contribution is -2.48. The van der Waals surface area contributed by atoms with Crippen LogP contribution >= 0.6 is 0 Å². The number of pyridine rings is 1. The number of nitrogens with zero attached hydrogens (tertiary/aromatic N) is 2. The number of aliphatic hydroxyl groups is 2. The van der Waals surface area contributed by atoms with E-state index in [1.54, 1.807) is 24.1 Å². The molecular weight excluding hydrogens is 256 g/mol. The molecule has 2 rings (SSSR count). The second kappa shape index (κ2) is 6.04. The molecule has 0 saturated carbocycles. The molecule has 5 heteroatoms. The molecule has 0 radical (unpaired) electrons. The van der Waals surface area contributed by atoms with Gasteiger partial charge in [-0.05, 0) is 25.8 Å². The van der Waals surface area contributed by atoms with Crippen LogP contribution in [0.5, 0.6) is 0 Å². The minimum atomic E-state index is -0.835. The van der Waals surface area contributed by atoms with Gasteiger partial charge in [-0.15, -0.1) is 0 Å². The second-order valence-corrected chi connectivity index (χ2v) is 5.21. The zero-order chi connectivity index (χ0) is 14.6. The van der Waals surface area contributed by atoms with E-state index in [1.807, 2.05) is 0 Å². The van der Waals surface area contributed by atoms with Crippen LogP contribution in [0.25, 0.3) is 0 Å². The average Bonchev–Trinajstić information content (AvgIpc) is 2.43. The molecule has 5 nitrogen and oxygen atoms in total. The summed E-state index contributed by atoms with van der Waals surface area (Å²) in [5.41, 5.74) is 0.119. The second-order valence-electron chi connectivity index (χ2n) is 5.21. The number of aliphatic hydroxyl groups excluding tert-OH is 1. The van der Waals surface area contributed by atoms with Crippen molar-refractivity contribution in [1.82, 2.24) is 9.88 Å². The standard InChI is InChI=1S/C15H18N2O3/c1-15(20)6-3-8-17(11-15)14(19)13-5-7-16-10-12(13)4-2-9-18/h5,7,10,18,20H,3,6,8-9,11H2,1H3. The van der Waals surface area contributed by atoms with Crippen molar-refractivity contribution in [3.63, 3.8) is 0 Å². The summed E-state index contributed by atoms with van der Waals surface area (Å²) in [5, 5.41) is 18.8. The highest BCUT2D eigenvalue weighted by Gasteiger charge is 2.31. The van der Waals surface area contributed by atoms with Gasteiger partial charge in [0, 0.05) is 25.5 Å². The van der Waals surface area contributed by atoms with E-state index in [0.29, 0.717) is 30.6 Å². The van der Waals surface area contributed by atoms with Gasteiger partial charge in [-0.25, -0.2) is 0 Å². The highest BCUT2D eigenvalue weighted by Crippen LogP contribution is 2.22. The van der Waals surface area contributed by atoms with Gasteiger partial charge >= 0.3 is 0 Å². The summed E-state index contributed by atoms with van der Waals surface area (Å²) in [7, 11) is 0. The van der Waals surface area contributed by atoms with E-state index in [-0.39, 0.29) is 12.5 Å². The molecule has 2 heterocycles. The summed E-state index contributed by atoms with van der Waals surface area (Å²) in [6.07, 6.45) is 4.53. The molecule has 106 valence electrons. The SMILES string of the molecule is CC1(O)CCCN(C(=O)c2ccncc2C#CCO)C1. The molecule has 0 aromatic carbocycles. The first-order valence-electron chi connectivity index (χ1n) is 6.59. The van der Waals surface area contributed by atoms with E-state index in [9.17, 15) is 9.90 Å². The van der Waals surface area contributed by atoms with Gasteiger partial charge in [0.05, 0.1) is 16.7 Å². The molecule has 0 aliphatic carbocycles. The number of rotatable bonds is 1. The predicted octanol–water partition coefficient (Wildman–Crippen LogP) is 0.412. The number of hydrogen-bond donors (Lipinski definition) is 2. The Hall–Kier alpha value is -1.90. The Morgan fingerprint density at radius 3 is 3.10 bits per heavy atom. The summed E-state index contributed by atoms with van der Waals surface area (Å²) in [6, 6.07) is 1.62. The molecule has 20 heavy (non-hydrogen) atoms. The molecule has 1 aromatic heterocycles. The van der Waals surface area contributed by atoms with E-state index in [2.05, 4.69) is 16.8 Å². The van der Waals surface area contributed by atoms with Crippen molar-refractivity contribution >= 4 is 5.91 Å². The molecule has 1 atom stereocenters. The quantitative estimate of drug-likeness (QED) is 0.728. The van der Waals surface area contributed by atoms with Gasteiger partial charge in [-0.1, -0.05) is 11.8 Å². The van der Waals surface area contributed by atoms with Gasteiger partial charge in [0.1, 0.15) is 6.61 Å². The Bertz CT molecular complexity index is 558.